The Morgan fingerprint density at radius 2 is 1.93 bits per heavy atom. The van der Waals surface area contributed by atoms with Crippen LogP contribution in [0.5, 0.6) is 0 Å². The molecule has 2 aromatic rings. The Hall–Kier alpha value is -2.70. The van der Waals surface area contributed by atoms with E-state index in [2.05, 4.69) is 25.2 Å². The Balaban J connectivity index is 1.63. The minimum absolute atomic E-state index is 0.120. The van der Waals surface area contributed by atoms with Crippen LogP contribution in [0.2, 0.25) is 0 Å². The van der Waals surface area contributed by atoms with E-state index in [-0.39, 0.29) is 12.1 Å². The normalized spacial score (nSPS) is 15.5. The largest absolute Gasteiger partial charge is 0.444 e. The molecule has 1 aliphatic rings. The van der Waals surface area contributed by atoms with E-state index in [0.29, 0.717) is 0 Å². The molecule has 1 saturated heterocycles. The van der Waals surface area contributed by atoms with Gasteiger partial charge in [-0.2, -0.15) is 0 Å². The lowest BCUT2D eigenvalue weighted by Crippen LogP contribution is -2.46. The summed E-state index contributed by atoms with van der Waals surface area (Å²) in [7, 11) is 0. The van der Waals surface area contributed by atoms with Gasteiger partial charge in [-0.25, -0.2) is 14.8 Å². The zero-order valence-electron chi connectivity index (χ0n) is 16.4. The summed E-state index contributed by atoms with van der Waals surface area (Å²) in [6.45, 7) is 9.13. The van der Waals surface area contributed by atoms with Crippen molar-refractivity contribution in [3.63, 3.8) is 0 Å². The Kier molecular flexibility index (Phi) is 5.58. The Bertz CT molecular complexity index is 781. The van der Waals surface area contributed by atoms with Crippen LogP contribution in [0.25, 0.3) is 11.4 Å². The van der Waals surface area contributed by atoms with E-state index in [1.54, 1.807) is 6.20 Å². The predicted octanol–water partition coefficient (Wildman–Crippen LogP) is 3.34. The minimum atomic E-state index is -0.481. The van der Waals surface area contributed by atoms with Gasteiger partial charge < -0.3 is 15.0 Å². The molecule has 27 heavy (non-hydrogen) atoms. The average Bonchev–Trinajstić information content (AvgIpc) is 2.61. The number of ether oxygens (including phenoxy) is 1. The molecule has 1 aliphatic heterocycles. The first-order chi connectivity index (χ1) is 12.8. The van der Waals surface area contributed by atoms with E-state index in [0.717, 1.165) is 49.0 Å². The maximum Gasteiger partial charge on any atom is 0.407 e. The number of aromatic nitrogens is 3. The van der Waals surface area contributed by atoms with Crippen molar-refractivity contribution in [2.75, 3.05) is 18.0 Å². The van der Waals surface area contributed by atoms with E-state index < -0.39 is 5.60 Å². The van der Waals surface area contributed by atoms with Gasteiger partial charge in [0.05, 0.1) is 11.4 Å². The second kappa shape index (κ2) is 7.90. The first-order valence-corrected chi connectivity index (χ1v) is 9.32. The summed E-state index contributed by atoms with van der Waals surface area (Å²) in [6, 6.07) is 7.89. The molecule has 0 radical (unpaired) electrons. The zero-order valence-corrected chi connectivity index (χ0v) is 16.4. The molecule has 1 fully saturated rings. The van der Waals surface area contributed by atoms with Gasteiger partial charge >= 0.3 is 6.09 Å². The van der Waals surface area contributed by atoms with Crippen LogP contribution in [0.3, 0.4) is 0 Å². The Morgan fingerprint density at radius 3 is 2.56 bits per heavy atom. The number of amides is 1. The molecule has 0 bridgehead atoms. The molecular weight excluding hydrogens is 342 g/mol. The SMILES string of the molecule is Cc1nc(-c2ccccn2)cc(N2CCC(NC(=O)OC(C)(C)C)CC2)n1. The minimum Gasteiger partial charge on any atom is -0.444 e. The molecule has 3 rings (SSSR count). The Labute approximate surface area is 160 Å². The van der Waals surface area contributed by atoms with E-state index in [1.165, 1.54) is 0 Å². The standard InChI is InChI=1S/C20H27N5O2/c1-14-22-17(16-7-5-6-10-21-16)13-18(23-14)25-11-8-15(9-12-25)24-19(26)27-20(2,3)4/h5-7,10,13,15H,8-9,11-12H2,1-4H3,(H,24,26). The van der Waals surface area contributed by atoms with Gasteiger partial charge in [0.1, 0.15) is 17.2 Å². The topological polar surface area (TPSA) is 80.2 Å². The second-order valence-electron chi connectivity index (χ2n) is 7.78. The van der Waals surface area contributed by atoms with Crippen molar-refractivity contribution in [1.82, 2.24) is 20.3 Å². The number of piperidine rings is 1. The van der Waals surface area contributed by atoms with Gasteiger partial charge in [-0.15, -0.1) is 0 Å². The summed E-state index contributed by atoms with van der Waals surface area (Å²) >= 11 is 0. The predicted molar refractivity (Wildman–Crippen MR) is 105 cm³/mol. The van der Waals surface area contributed by atoms with Gasteiger partial charge in [-0.05, 0) is 52.7 Å². The molecule has 1 amide bonds. The summed E-state index contributed by atoms with van der Waals surface area (Å²) < 4.78 is 5.34. The monoisotopic (exact) mass is 369 g/mol. The first kappa shape index (κ1) is 19.1. The molecule has 1 N–H and O–H groups in total. The van der Waals surface area contributed by atoms with Gasteiger partial charge in [0.25, 0.3) is 0 Å². The number of rotatable bonds is 3. The summed E-state index contributed by atoms with van der Waals surface area (Å²) in [5, 5.41) is 2.97. The fourth-order valence-electron chi connectivity index (χ4n) is 3.09. The summed E-state index contributed by atoms with van der Waals surface area (Å²) in [5.74, 6) is 1.63. The molecule has 0 unspecified atom stereocenters. The molecular formula is C20H27N5O2. The van der Waals surface area contributed by atoms with Crippen LogP contribution in [0.4, 0.5) is 10.6 Å². The van der Waals surface area contributed by atoms with Gasteiger partial charge in [-0.1, -0.05) is 6.07 Å². The van der Waals surface area contributed by atoms with Crippen LogP contribution >= 0.6 is 0 Å². The fraction of sp³-hybridized carbons (Fsp3) is 0.500. The lowest BCUT2D eigenvalue weighted by molar-refractivity contribution is 0.0497. The quantitative estimate of drug-likeness (QED) is 0.894. The molecule has 7 nitrogen and oxygen atoms in total. The second-order valence-corrected chi connectivity index (χ2v) is 7.78. The number of carbonyl (C=O) groups is 1. The number of pyridine rings is 1. The van der Waals surface area contributed by atoms with Gasteiger partial charge in [0.2, 0.25) is 0 Å². The molecule has 2 aromatic heterocycles. The molecule has 0 atom stereocenters. The van der Waals surface area contributed by atoms with Gasteiger partial charge in [0.15, 0.2) is 0 Å². The van der Waals surface area contributed by atoms with Crippen LogP contribution in [0.15, 0.2) is 30.5 Å². The number of anilines is 1. The number of carbonyl (C=O) groups excluding carboxylic acids is 1. The highest BCUT2D eigenvalue weighted by molar-refractivity contribution is 5.68. The molecule has 3 heterocycles. The van der Waals surface area contributed by atoms with E-state index in [4.69, 9.17) is 4.74 Å². The van der Waals surface area contributed by atoms with Crippen LogP contribution in [-0.2, 0) is 4.74 Å². The fourth-order valence-corrected chi connectivity index (χ4v) is 3.09. The molecule has 0 aromatic carbocycles. The van der Waals surface area contributed by atoms with Crippen molar-refractivity contribution in [3.8, 4) is 11.4 Å². The first-order valence-electron chi connectivity index (χ1n) is 9.32. The number of hydrogen-bond acceptors (Lipinski definition) is 6. The van der Waals surface area contributed by atoms with Crippen molar-refractivity contribution in [3.05, 3.63) is 36.3 Å². The Morgan fingerprint density at radius 1 is 1.19 bits per heavy atom. The number of nitrogens with zero attached hydrogens (tertiary/aromatic N) is 4. The maximum atomic E-state index is 12.0. The number of hydrogen-bond donors (Lipinski definition) is 1. The van der Waals surface area contributed by atoms with Crippen LogP contribution in [0.1, 0.15) is 39.4 Å². The summed E-state index contributed by atoms with van der Waals surface area (Å²) in [6.07, 6.45) is 3.11. The third-order valence-electron chi connectivity index (χ3n) is 4.29. The van der Waals surface area contributed by atoms with Crippen molar-refractivity contribution in [1.29, 1.82) is 0 Å². The third-order valence-corrected chi connectivity index (χ3v) is 4.29. The summed E-state index contributed by atoms with van der Waals surface area (Å²) in [4.78, 5) is 27.7. The lowest BCUT2D eigenvalue weighted by atomic mass is 10.1. The number of alkyl carbamates (subject to hydrolysis) is 1. The van der Waals surface area contributed by atoms with Gasteiger partial charge in [-0.3, -0.25) is 4.98 Å². The third kappa shape index (κ3) is 5.39. The number of aryl methyl sites for hydroxylation is 1. The zero-order chi connectivity index (χ0) is 19.4. The molecule has 0 aliphatic carbocycles. The van der Waals surface area contributed by atoms with Gasteiger partial charge in [0, 0.05) is 31.4 Å². The van der Waals surface area contributed by atoms with Crippen molar-refractivity contribution < 1.29 is 9.53 Å². The van der Waals surface area contributed by atoms with Crippen molar-refractivity contribution in [2.45, 2.75) is 52.2 Å². The highest BCUT2D eigenvalue weighted by atomic mass is 16.6. The number of nitrogens with one attached hydrogen (secondary N) is 1. The maximum absolute atomic E-state index is 12.0. The smallest absolute Gasteiger partial charge is 0.407 e. The highest BCUT2D eigenvalue weighted by Crippen LogP contribution is 2.23. The van der Waals surface area contributed by atoms with Crippen LogP contribution < -0.4 is 10.2 Å². The molecule has 144 valence electrons. The van der Waals surface area contributed by atoms with E-state index in [1.807, 2.05) is 52.0 Å². The van der Waals surface area contributed by atoms with Crippen LogP contribution in [-0.4, -0.2) is 45.8 Å². The highest BCUT2D eigenvalue weighted by Gasteiger charge is 2.24. The van der Waals surface area contributed by atoms with Crippen molar-refractivity contribution in [2.24, 2.45) is 0 Å². The summed E-state index contributed by atoms with van der Waals surface area (Å²) in [5.41, 5.74) is 1.18. The molecule has 7 heteroatoms. The van der Waals surface area contributed by atoms with E-state index in [9.17, 15) is 4.79 Å². The van der Waals surface area contributed by atoms with Crippen molar-refractivity contribution >= 4 is 11.9 Å². The molecule has 0 spiro atoms. The van der Waals surface area contributed by atoms with E-state index >= 15 is 0 Å². The average molecular weight is 369 g/mol. The molecule has 0 saturated carbocycles. The van der Waals surface area contributed by atoms with Crippen LogP contribution in [0, 0.1) is 6.92 Å². The lowest BCUT2D eigenvalue weighted by Gasteiger charge is -2.33.